The van der Waals surface area contributed by atoms with Crippen LogP contribution < -0.4 is 0 Å². The Morgan fingerprint density at radius 3 is 2.50 bits per heavy atom. The van der Waals surface area contributed by atoms with Gasteiger partial charge in [-0.2, -0.15) is 18.4 Å². The summed E-state index contributed by atoms with van der Waals surface area (Å²) in [5.41, 5.74) is -0.609. The van der Waals surface area contributed by atoms with Crippen LogP contribution in [-0.4, -0.2) is 0 Å². The van der Waals surface area contributed by atoms with E-state index in [0.717, 1.165) is 31.2 Å². The number of unbranched alkanes of at least 4 members (excludes halogenated alkanes) is 1. The molecule has 1 aromatic carbocycles. The fourth-order valence-corrected chi connectivity index (χ4v) is 1.73. The highest BCUT2D eigenvalue weighted by atomic mass is 19.4. The van der Waals surface area contributed by atoms with Gasteiger partial charge in [-0.15, -0.1) is 0 Å². The third kappa shape index (κ3) is 3.49. The van der Waals surface area contributed by atoms with Gasteiger partial charge in [0.25, 0.3) is 0 Å². The summed E-state index contributed by atoms with van der Waals surface area (Å²) in [6.45, 7) is 3.87. The maximum atomic E-state index is 12.8. The van der Waals surface area contributed by atoms with Crippen LogP contribution in [0.2, 0.25) is 0 Å². The average Bonchev–Trinajstić information content (AvgIpc) is 2.34. The lowest BCUT2D eigenvalue weighted by Gasteiger charge is -2.14. The molecule has 1 nitrogen and oxygen atoms in total. The first-order chi connectivity index (χ1) is 8.40. The van der Waals surface area contributed by atoms with Crippen LogP contribution in [0.5, 0.6) is 0 Å². The van der Waals surface area contributed by atoms with E-state index in [1.807, 2.05) is 13.8 Å². The SMILES string of the molecule is CCCC[C](C)c1ccc(C#N)c(C(F)(F)F)c1. The minimum atomic E-state index is -4.48. The molecular weight excluding hydrogens is 239 g/mol. The first-order valence-electron chi connectivity index (χ1n) is 5.84. The van der Waals surface area contributed by atoms with Crippen LogP contribution >= 0.6 is 0 Å². The molecule has 1 radical (unpaired) electrons. The fraction of sp³-hybridized carbons (Fsp3) is 0.429. The highest BCUT2D eigenvalue weighted by Gasteiger charge is 2.34. The predicted octanol–water partition coefficient (Wildman–Crippen LogP) is 4.71. The van der Waals surface area contributed by atoms with Crippen molar-refractivity contribution in [1.29, 1.82) is 5.26 Å². The number of alkyl halides is 3. The summed E-state index contributed by atoms with van der Waals surface area (Å²) < 4.78 is 38.3. The van der Waals surface area contributed by atoms with E-state index in [2.05, 4.69) is 0 Å². The van der Waals surface area contributed by atoms with E-state index in [0.29, 0.717) is 5.56 Å². The molecule has 0 spiro atoms. The molecule has 0 atom stereocenters. The molecule has 0 amide bonds. The van der Waals surface area contributed by atoms with Crippen molar-refractivity contribution in [1.82, 2.24) is 0 Å². The van der Waals surface area contributed by atoms with Crippen LogP contribution in [0.25, 0.3) is 0 Å². The molecule has 0 unspecified atom stereocenters. The quantitative estimate of drug-likeness (QED) is 0.763. The second-order valence-electron chi connectivity index (χ2n) is 4.25. The molecule has 0 heterocycles. The number of benzene rings is 1. The normalized spacial score (nSPS) is 11.6. The molecular formula is C14H15F3N. The molecule has 97 valence electrons. The average molecular weight is 254 g/mol. The van der Waals surface area contributed by atoms with Crippen molar-refractivity contribution in [2.45, 2.75) is 39.3 Å². The Bertz CT molecular complexity index is 443. The summed E-state index contributed by atoms with van der Waals surface area (Å²) in [6.07, 6.45) is -1.75. The summed E-state index contributed by atoms with van der Waals surface area (Å²) in [5.74, 6) is 0.923. The van der Waals surface area contributed by atoms with Gasteiger partial charge in [-0.3, -0.25) is 0 Å². The van der Waals surface area contributed by atoms with Crippen molar-refractivity contribution in [2.75, 3.05) is 0 Å². The molecule has 4 heteroatoms. The predicted molar refractivity (Wildman–Crippen MR) is 63.7 cm³/mol. The highest BCUT2D eigenvalue weighted by molar-refractivity contribution is 5.45. The van der Waals surface area contributed by atoms with Crippen molar-refractivity contribution in [3.8, 4) is 6.07 Å². The van der Waals surface area contributed by atoms with Crippen molar-refractivity contribution in [2.24, 2.45) is 0 Å². The number of nitrogens with zero attached hydrogens (tertiary/aromatic N) is 1. The Morgan fingerprint density at radius 2 is 2.00 bits per heavy atom. The van der Waals surface area contributed by atoms with Crippen molar-refractivity contribution >= 4 is 0 Å². The first-order valence-corrected chi connectivity index (χ1v) is 5.84. The van der Waals surface area contributed by atoms with Gasteiger partial charge in [-0.05, 0) is 24.1 Å². The number of rotatable bonds is 4. The van der Waals surface area contributed by atoms with Crippen LogP contribution in [0.15, 0.2) is 18.2 Å². The molecule has 0 aliphatic rings. The molecule has 0 fully saturated rings. The standard InChI is InChI=1S/C14H15F3N/c1-3-4-5-10(2)11-6-7-12(9-18)13(8-11)14(15,16)17/h6-8H,3-5H2,1-2H3. The number of hydrogen-bond acceptors (Lipinski definition) is 1. The fourth-order valence-electron chi connectivity index (χ4n) is 1.73. The molecule has 0 saturated carbocycles. The second kappa shape index (κ2) is 5.90. The summed E-state index contributed by atoms with van der Waals surface area (Å²) in [7, 11) is 0. The Hall–Kier alpha value is -1.50. The minimum Gasteiger partial charge on any atom is -0.192 e. The molecule has 0 aliphatic carbocycles. The maximum absolute atomic E-state index is 12.8. The molecule has 1 rings (SSSR count). The van der Waals surface area contributed by atoms with Crippen LogP contribution in [0.1, 0.15) is 49.8 Å². The first kappa shape index (κ1) is 14.6. The summed E-state index contributed by atoms with van der Waals surface area (Å²) in [5, 5.41) is 8.70. The van der Waals surface area contributed by atoms with E-state index in [4.69, 9.17) is 5.26 Å². The third-order valence-electron chi connectivity index (χ3n) is 2.84. The molecule has 0 aromatic heterocycles. The van der Waals surface area contributed by atoms with Crippen molar-refractivity contribution < 1.29 is 13.2 Å². The van der Waals surface area contributed by atoms with Gasteiger partial charge in [0.15, 0.2) is 0 Å². The van der Waals surface area contributed by atoms with E-state index >= 15 is 0 Å². The number of halogens is 3. The summed E-state index contributed by atoms with van der Waals surface area (Å²) in [6, 6.07) is 5.48. The van der Waals surface area contributed by atoms with Crippen LogP contribution in [0.3, 0.4) is 0 Å². The van der Waals surface area contributed by atoms with Gasteiger partial charge in [-0.1, -0.05) is 32.8 Å². The molecule has 1 aromatic rings. The zero-order valence-electron chi connectivity index (χ0n) is 10.4. The summed E-state index contributed by atoms with van der Waals surface area (Å²) in [4.78, 5) is 0. The maximum Gasteiger partial charge on any atom is 0.417 e. The topological polar surface area (TPSA) is 23.8 Å². The Kier molecular flexibility index (Phi) is 4.77. The Morgan fingerprint density at radius 1 is 1.33 bits per heavy atom. The van der Waals surface area contributed by atoms with Gasteiger partial charge < -0.3 is 0 Å². The zero-order chi connectivity index (χ0) is 13.8. The molecule has 0 saturated heterocycles. The van der Waals surface area contributed by atoms with Gasteiger partial charge in [0.05, 0.1) is 17.2 Å². The zero-order valence-corrected chi connectivity index (χ0v) is 10.4. The van der Waals surface area contributed by atoms with Gasteiger partial charge in [-0.25, -0.2) is 0 Å². The van der Waals surface area contributed by atoms with E-state index in [9.17, 15) is 13.2 Å². The van der Waals surface area contributed by atoms with Crippen LogP contribution in [-0.2, 0) is 6.18 Å². The van der Waals surface area contributed by atoms with Gasteiger partial charge >= 0.3 is 6.18 Å². The number of hydrogen-bond donors (Lipinski definition) is 0. The molecule has 0 aliphatic heterocycles. The smallest absolute Gasteiger partial charge is 0.192 e. The van der Waals surface area contributed by atoms with Gasteiger partial charge in [0, 0.05) is 5.92 Å². The van der Waals surface area contributed by atoms with E-state index in [1.54, 1.807) is 12.1 Å². The lowest BCUT2D eigenvalue weighted by Crippen LogP contribution is -2.09. The van der Waals surface area contributed by atoms with Crippen molar-refractivity contribution in [3.63, 3.8) is 0 Å². The number of nitriles is 1. The molecule has 0 bridgehead atoms. The van der Waals surface area contributed by atoms with Gasteiger partial charge in [0.1, 0.15) is 0 Å². The van der Waals surface area contributed by atoms with E-state index in [1.165, 1.54) is 6.07 Å². The van der Waals surface area contributed by atoms with Crippen molar-refractivity contribution in [3.05, 3.63) is 40.8 Å². The van der Waals surface area contributed by atoms with E-state index < -0.39 is 11.7 Å². The largest absolute Gasteiger partial charge is 0.417 e. The second-order valence-corrected chi connectivity index (χ2v) is 4.25. The molecule has 0 N–H and O–H groups in total. The van der Waals surface area contributed by atoms with Crippen LogP contribution in [0, 0.1) is 17.2 Å². The molecule has 18 heavy (non-hydrogen) atoms. The van der Waals surface area contributed by atoms with E-state index in [-0.39, 0.29) is 5.56 Å². The lowest BCUT2D eigenvalue weighted by molar-refractivity contribution is -0.137. The lowest BCUT2D eigenvalue weighted by atomic mass is 9.92. The van der Waals surface area contributed by atoms with Crippen LogP contribution in [0.4, 0.5) is 13.2 Å². The minimum absolute atomic E-state index is 0.324. The highest BCUT2D eigenvalue weighted by Crippen LogP contribution is 2.34. The Labute approximate surface area is 105 Å². The monoisotopic (exact) mass is 254 g/mol. The van der Waals surface area contributed by atoms with Gasteiger partial charge in [0.2, 0.25) is 0 Å². The Balaban J connectivity index is 3.08. The third-order valence-corrected chi connectivity index (χ3v) is 2.84. The summed E-state index contributed by atoms with van der Waals surface area (Å²) >= 11 is 0.